The van der Waals surface area contributed by atoms with E-state index in [1.807, 2.05) is 25.1 Å². The van der Waals surface area contributed by atoms with Gasteiger partial charge in [0.2, 0.25) is 0 Å². The third kappa shape index (κ3) is 6.71. The molecule has 0 fully saturated rings. The number of hydrogen-bond donors (Lipinski definition) is 1. The molecule has 0 bridgehead atoms. The van der Waals surface area contributed by atoms with Gasteiger partial charge in [0, 0.05) is 12.2 Å². The summed E-state index contributed by atoms with van der Waals surface area (Å²) in [6.07, 6.45) is 2.52. The predicted molar refractivity (Wildman–Crippen MR) is 89.7 cm³/mol. The molecule has 0 amide bonds. The van der Waals surface area contributed by atoms with Crippen LogP contribution in [-0.4, -0.2) is 36.4 Å². The molecule has 1 atom stereocenters. The highest BCUT2D eigenvalue weighted by molar-refractivity contribution is 5.93. The van der Waals surface area contributed by atoms with E-state index in [9.17, 15) is 0 Å². The number of amidine groups is 1. The largest absolute Gasteiger partial charge is 0.344 e. The smallest absolute Gasteiger partial charge is 0.0979 e. The van der Waals surface area contributed by atoms with Gasteiger partial charge in [-0.1, -0.05) is 38.5 Å². The summed E-state index contributed by atoms with van der Waals surface area (Å²) in [7, 11) is 0. The fraction of sp³-hybridized carbons (Fsp3) is 0.588. The topological polar surface area (TPSA) is 27.6 Å². The van der Waals surface area contributed by atoms with Gasteiger partial charge in [-0.2, -0.15) is 0 Å². The highest BCUT2D eigenvalue weighted by Crippen LogP contribution is 2.06. The van der Waals surface area contributed by atoms with Crippen molar-refractivity contribution in [2.24, 2.45) is 4.99 Å². The maximum absolute atomic E-state index is 4.73. The number of benzene rings is 1. The maximum atomic E-state index is 4.73. The van der Waals surface area contributed by atoms with Crippen molar-refractivity contribution in [1.29, 1.82) is 0 Å². The van der Waals surface area contributed by atoms with Gasteiger partial charge in [0.15, 0.2) is 0 Å². The van der Waals surface area contributed by atoms with E-state index in [2.05, 4.69) is 43.1 Å². The van der Waals surface area contributed by atoms with Crippen molar-refractivity contribution in [3.63, 3.8) is 0 Å². The van der Waals surface area contributed by atoms with Crippen LogP contribution in [0.1, 0.15) is 40.5 Å². The number of unbranched alkanes of at least 4 members (excludes halogenated alkanes) is 1. The number of hydrogen-bond acceptors (Lipinski definition) is 2. The van der Waals surface area contributed by atoms with Gasteiger partial charge in [0.25, 0.3) is 0 Å². The average molecular weight is 275 g/mol. The van der Waals surface area contributed by atoms with Crippen molar-refractivity contribution in [2.45, 2.75) is 46.6 Å². The monoisotopic (exact) mass is 275 g/mol. The fourth-order valence-electron chi connectivity index (χ4n) is 2.27. The van der Waals surface area contributed by atoms with Crippen LogP contribution in [0.15, 0.2) is 35.3 Å². The van der Waals surface area contributed by atoms with Crippen LogP contribution in [0.4, 0.5) is 5.69 Å². The number of aliphatic imine (C=N–C) groups is 1. The standard InChI is InChI=1S/C17H29N3/c1-5-7-13-20(6-2)14-15(3)18-16(4)19-17-11-9-8-10-12-17/h8-12,15H,5-7,13-14H2,1-4H3,(H,18,19). The molecule has 3 heteroatoms. The number of nitrogens with zero attached hydrogens (tertiary/aromatic N) is 2. The number of nitrogens with one attached hydrogen (secondary N) is 1. The van der Waals surface area contributed by atoms with E-state index in [0.717, 1.165) is 24.6 Å². The van der Waals surface area contributed by atoms with Crippen LogP contribution in [-0.2, 0) is 0 Å². The van der Waals surface area contributed by atoms with Crippen LogP contribution in [0.25, 0.3) is 0 Å². The number of likely N-dealkylation sites (N-methyl/N-ethyl adjacent to an activating group) is 1. The van der Waals surface area contributed by atoms with Crippen molar-refractivity contribution >= 4 is 11.5 Å². The first-order chi connectivity index (χ1) is 9.65. The molecule has 0 saturated heterocycles. The maximum Gasteiger partial charge on any atom is 0.0979 e. The molecule has 0 saturated carbocycles. The number of rotatable bonds is 8. The lowest BCUT2D eigenvalue weighted by atomic mass is 10.2. The van der Waals surface area contributed by atoms with Crippen molar-refractivity contribution in [3.05, 3.63) is 30.3 Å². The van der Waals surface area contributed by atoms with Crippen molar-refractivity contribution in [2.75, 3.05) is 25.0 Å². The molecule has 20 heavy (non-hydrogen) atoms. The fourth-order valence-corrected chi connectivity index (χ4v) is 2.27. The van der Waals surface area contributed by atoms with E-state index in [4.69, 9.17) is 4.99 Å². The molecule has 0 spiro atoms. The van der Waals surface area contributed by atoms with E-state index in [1.165, 1.54) is 19.4 Å². The Hall–Kier alpha value is -1.35. The molecule has 1 rings (SSSR count). The van der Waals surface area contributed by atoms with E-state index in [-0.39, 0.29) is 0 Å². The molecule has 0 aliphatic rings. The Kier molecular flexibility index (Phi) is 7.97. The van der Waals surface area contributed by atoms with E-state index in [1.54, 1.807) is 0 Å². The lowest BCUT2D eigenvalue weighted by molar-refractivity contribution is 0.271. The minimum atomic E-state index is 0.322. The molecule has 3 nitrogen and oxygen atoms in total. The first-order valence-corrected chi connectivity index (χ1v) is 7.74. The molecule has 1 aromatic carbocycles. The summed E-state index contributed by atoms with van der Waals surface area (Å²) in [6, 6.07) is 10.5. The average Bonchev–Trinajstić information content (AvgIpc) is 2.44. The Labute approximate surface area is 124 Å². The third-order valence-corrected chi connectivity index (χ3v) is 3.31. The zero-order valence-corrected chi connectivity index (χ0v) is 13.4. The van der Waals surface area contributed by atoms with Gasteiger partial charge in [0.05, 0.1) is 11.9 Å². The highest BCUT2D eigenvalue weighted by atomic mass is 15.1. The van der Waals surface area contributed by atoms with Crippen molar-refractivity contribution in [3.8, 4) is 0 Å². The van der Waals surface area contributed by atoms with Gasteiger partial charge in [-0.25, -0.2) is 0 Å². The van der Waals surface area contributed by atoms with Crippen LogP contribution >= 0.6 is 0 Å². The molecule has 1 unspecified atom stereocenters. The first kappa shape index (κ1) is 16.7. The van der Waals surface area contributed by atoms with Gasteiger partial charge in [0.1, 0.15) is 0 Å². The van der Waals surface area contributed by atoms with Gasteiger partial charge in [-0.05, 0) is 45.5 Å². The van der Waals surface area contributed by atoms with Gasteiger partial charge < -0.3 is 10.2 Å². The zero-order valence-electron chi connectivity index (χ0n) is 13.4. The van der Waals surface area contributed by atoms with Crippen LogP contribution in [0, 0.1) is 0 Å². The first-order valence-electron chi connectivity index (χ1n) is 7.74. The molecule has 0 aliphatic carbocycles. The second-order valence-electron chi connectivity index (χ2n) is 5.30. The second kappa shape index (κ2) is 9.54. The van der Waals surface area contributed by atoms with Crippen LogP contribution in [0.5, 0.6) is 0 Å². The van der Waals surface area contributed by atoms with Crippen LogP contribution in [0.2, 0.25) is 0 Å². The summed E-state index contributed by atoms with van der Waals surface area (Å²) >= 11 is 0. The van der Waals surface area contributed by atoms with E-state index < -0.39 is 0 Å². The van der Waals surface area contributed by atoms with Crippen molar-refractivity contribution < 1.29 is 0 Å². The highest BCUT2D eigenvalue weighted by Gasteiger charge is 2.07. The van der Waals surface area contributed by atoms with Gasteiger partial charge >= 0.3 is 0 Å². The Balaban J connectivity index is 2.45. The second-order valence-corrected chi connectivity index (χ2v) is 5.30. The molecular weight excluding hydrogens is 246 g/mol. The number of para-hydroxylation sites is 1. The quantitative estimate of drug-likeness (QED) is 0.573. The molecule has 0 aliphatic heterocycles. The normalized spacial score (nSPS) is 13.6. The SMILES string of the molecule is CCCCN(CC)CC(C)/N=C(\C)Nc1ccccc1. The summed E-state index contributed by atoms with van der Waals surface area (Å²) < 4.78 is 0. The molecule has 0 radical (unpaired) electrons. The third-order valence-electron chi connectivity index (χ3n) is 3.31. The summed E-state index contributed by atoms with van der Waals surface area (Å²) in [5, 5.41) is 3.34. The van der Waals surface area contributed by atoms with Gasteiger partial charge in [-0.15, -0.1) is 0 Å². The predicted octanol–water partition coefficient (Wildman–Crippen LogP) is 4.03. The van der Waals surface area contributed by atoms with Crippen molar-refractivity contribution in [1.82, 2.24) is 4.90 Å². The Bertz CT molecular complexity index is 386. The Morgan fingerprint density at radius 3 is 2.55 bits per heavy atom. The van der Waals surface area contributed by atoms with Gasteiger partial charge in [-0.3, -0.25) is 4.99 Å². The summed E-state index contributed by atoms with van der Waals surface area (Å²) in [4.78, 5) is 7.21. The molecule has 0 heterocycles. The molecule has 1 aromatic rings. The minimum absolute atomic E-state index is 0.322. The molecule has 1 N–H and O–H groups in total. The molecule has 0 aromatic heterocycles. The zero-order chi connectivity index (χ0) is 14.8. The van der Waals surface area contributed by atoms with Crippen LogP contribution < -0.4 is 5.32 Å². The summed E-state index contributed by atoms with van der Waals surface area (Å²) in [5.41, 5.74) is 1.10. The van der Waals surface area contributed by atoms with E-state index >= 15 is 0 Å². The number of anilines is 1. The Morgan fingerprint density at radius 1 is 1.25 bits per heavy atom. The van der Waals surface area contributed by atoms with Crippen LogP contribution in [0.3, 0.4) is 0 Å². The lowest BCUT2D eigenvalue weighted by Gasteiger charge is -2.22. The summed E-state index contributed by atoms with van der Waals surface area (Å²) in [5.74, 6) is 0.982. The summed E-state index contributed by atoms with van der Waals surface area (Å²) in [6.45, 7) is 12.0. The molecular formula is C17H29N3. The Morgan fingerprint density at radius 2 is 1.95 bits per heavy atom. The van der Waals surface area contributed by atoms with E-state index in [0.29, 0.717) is 6.04 Å². The minimum Gasteiger partial charge on any atom is -0.344 e. The lowest BCUT2D eigenvalue weighted by Crippen LogP contribution is -2.31. The molecule has 112 valence electrons.